The normalized spacial score (nSPS) is 13.1. The monoisotopic (exact) mass is 433 g/mol. The van der Waals surface area contributed by atoms with Gasteiger partial charge in [-0.2, -0.15) is 0 Å². The van der Waals surface area contributed by atoms with Crippen LogP contribution in [-0.2, 0) is 0 Å². The van der Waals surface area contributed by atoms with Crippen molar-refractivity contribution in [3.8, 4) is 11.5 Å². The van der Waals surface area contributed by atoms with Crippen LogP contribution in [0.4, 0.5) is 10.8 Å². The highest BCUT2D eigenvalue weighted by atomic mass is 32.1. The molecule has 3 aromatic heterocycles. The lowest BCUT2D eigenvalue weighted by molar-refractivity contribution is 0.0997. The van der Waals surface area contributed by atoms with Gasteiger partial charge in [0, 0.05) is 16.6 Å². The summed E-state index contributed by atoms with van der Waals surface area (Å²) in [6.07, 6.45) is 3.21. The van der Waals surface area contributed by atoms with Crippen molar-refractivity contribution in [1.29, 1.82) is 0 Å². The SMILES string of the molecule is Cc1cc(C(Nc2ccccn2)c2ccc3c(c2)OCO3)c(NC(=O)c2ccco2)s1. The maximum absolute atomic E-state index is 12.6. The van der Waals surface area contributed by atoms with E-state index in [0.717, 1.165) is 26.8 Å². The predicted molar refractivity (Wildman–Crippen MR) is 118 cm³/mol. The van der Waals surface area contributed by atoms with Gasteiger partial charge in [-0.15, -0.1) is 11.3 Å². The predicted octanol–water partition coefficient (Wildman–Crippen LogP) is 5.23. The lowest BCUT2D eigenvalue weighted by Gasteiger charge is -2.21. The minimum absolute atomic E-state index is 0.207. The van der Waals surface area contributed by atoms with E-state index < -0.39 is 0 Å². The van der Waals surface area contributed by atoms with E-state index in [9.17, 15) is 4.79 Å². The number of hydrogen-bond acceptors (Lipinski definition) is 7. The Morgan fingerprint density at radius 3 is 2.81 bits per heavy atom. The van der Waals surface area contributed by atoms with Gasteiger partial charge in [0.1, 0.15) is 10.8 Å². The number of carbonyl (C=O) groups is 1. The topological polar surface area (TPSA) is 85.6 Å². The van der Waals surface area contributed by atoms with Crippen molar-refractivity contribution in [2.75, 3.05) is 17.4 Å². The van der Waals surface area contributed by atoms with Crippen LogP contribution in [0.25, 0.3) is 0 Å². The van der Waals surface area contributed by atoms with Gasteiger partial charge in [0.25, 0.3) is 5.91 Å². The van der Waals surface area contributed by atoms with Crippen LogP contribution in [0.2, 0.25) is 0 Å². The molecule has 8 heteroatoms. The fourth-order valence-electron chi connectivity index (χ4n) is 3.45. The number of ether oxygens (including phenoxy) is 2. The molecule has 31 heavy (non-hydrogen) atoms. The molecular formula is C23H19N3O4S. The van der Waals surface area contributed by atoms with E-state index >= 15 is 0 Å². The molecule has 1 aromatic carbocycles. The number of hydrogen-bond donors (Lipinski definition) is 2. The zero-order valence-electron chi connectivity index (χ0n) is 16.6. The van der Waals surface area contributed by atoms with Crippen molar-refractivity contribution in [3.63, 3.8) is 0 Å². The average Bonchev–Trinajstić information content (AvgIpc) is 3.53. The van der Waals surface area contributed by atoms with Gasteiger partial charge >= 0.3 is 0 Å². The molecule has 0 aliphatic carbocycles. The molecule has 1 amide bonds. The lowest BCUT2D eigenvalue weighted by atomic mass is 9.99. The first-order valence-corrected chi connectivity index (χ1v) is 10.5. The van der Waals surface area contributed by atoms with Gasteiger partial charge in [-0.05, 0) is 55.0 Å². The van der Waals surface area contributed by atoms with Gasteiger partial charge in [0.2, 0.25) is 6.79 Å². The van der Waals surface area contributed by atoms with E-state index in [0.29, 0.717) is 11.5 Å². The van der Waals surface area contributed by atoms with E-state index in [1.54, 1.807) is 18.3 Å². The number of anilines is 2. The van der Waals surface area contributed by atoms with Gasteiger partial charge in [0.05, 0.1) is 12.3 Å². The summed E-state index contributed by atoms with van der Waals surface area (Å²) < 4.78 is 16.3. The molecule has 5 rings (SSSR count). The summed E-state index contributed by atoms with van der Waals surface area (Å²) >= 11 is 1.51. The summed E-state index contributed by atoms with van der Waals surface area (Å²) in [5.74, 6) is 2.09. The Morgan fingerprint density at radius 2 is 2.00 bits per heavy atom. The molecule has 0 radical (unpaired) electrons. The van der Waals surface area contributed by atoms with Crippen LogP contribution >= 0.6 is 11.3 Å². The summed E-state index contributed by atoms with van der Waals surface area (Å²) in [5.41, 5.74) is 1.88. The number of fused-ring (bicyclic) bond motifs is 1. The quantitative estimate of drug-likeness (QED) is 0.433. The third-order valence-electron chi connectivity index (χ3n) is 4.85. The molecule has 0 saturated carbocycles. The summed E-state index contributed by atoms with van der Waals surface area (Å²) in [6.45, 7) is 2.22. The van der Waals surface area contributed by atoms with Crippen LogP contribution in [0.5, 0.6) is 11.5 Å². The minimum atomic E-state index is -0.296. The fraction of sp³-hybridized carbons (Fsp3) is 0.130. The standard InChI is InChI=1S/C23H19N3O4S/c1-14-11-16(23(31-14)26-22(27)18-5-4-10-28-18)21(25-20-6-2-3-9-24-20)15-7-8-17-19(12-15)30-13-29-17/h2-12,21H,13H2,1H3,(H,24,25)(H,26,27). The molecular weight excluding hydrogens is 414 g/mol. The number of benzene rings is 1. The molecule has 4 aromatic rings. The van der Waals surface area contributed by atoms with Crippen LogP contribution in [-0.4, -0.2) is 17.7 Å². The van der Waals surface area contributed by atoms with Crippen molar-refractivity contribution in [2.24, 2.45) is 0 Å². The van der Waals surface area contributed by atoms with Crippen LogP contribution in [0.3, 0.4) is 0 Å². The number of furan rings is 1. The molecule has 0 bridgehead atoms. The van der Waals surface area contributed by atoms with Crippen molar-refractivity contribution in [2.45, 2.75) is 13.0 Å². The van der Waals surface area contributed by atoms with E-state index in [1.165, 1.54) is 17.6 Å². The first-order valence-electron chi connectivity index (χ1n) is 9.70. The third kappa shape index (κ3) is 3.97. The van der Waals surface area contributed by atoms with Crippen LogP contribution in [0.1, 0.15) is 32.6 Å². The molecule has 4 heterocycles. The summed E-state index contributed by atoms with van der Waals surface area (Å²) in [4.78, 5) is 18.1. The Morgan fingerprint density at radius 1 is 1.10 bits per heavy atom. The van der Waals surface area contributed by atoms with Crippen molar-refractivity contribution in [1.82, 2.24) is 4.98 Å². The van der Waals surface area contributed by atoms with E-state index in [4.69, 9.17) is 13.9 Å². The second-order valence-electron chi connectivity index (χ2n) is 6.98. The fourth-order valence-corrected chi connectivity index (χ4v) is 4.39. The number of pyridine rings is 1. The Bertz CT molecular complexity index is 1210. The number of aryl methyl sites for hydroxylation is 1. The number of nitrogens with one attached hydrogen (secondary N) is 2. The highest BCUT2D eigenvalue weighted by Gasteiger charge is 2.25. The molecule has 7 nitrogen and oxygen atoms in total. The number of rotatable bonds is 6. The first kappa shape index (κ1) is 19.2. The number of nitrogens with zero attached hydrogens (tertiary/aromatic N) is 1. The summed E-state index contributed by atoms with van der Waals surface area (Å²) in [5, 5.41) is 7.22. The minimum Gasteiger partial charge on any atom is -0.459 e. The van der Waals surface area contributed by atoms with Crippen LogP contribution in [0.15, 0.2) is 71.5 Å². The molecule has 0 spiro atoms. The summed E-state index contributed by atoms with van der Waals surface area (Å²) in [7, 11) is 0. The Hall–Kier alpha value is -3.78. The maximum Gasteiger partial charge on any atom is 0.291 e. The van der Waals surface area contributed by atoms with Crippen molar-refractivity contribution in [3.05, 3.63) is 88.8 Å². The van der Waals surface area contributed by atoms with Gasteiger partial charge in [-0.25, -0.2) is 4.98 Å². The highest BCUT2D eigenvalue weighted by Crippen LogP contribution is 2.41. The second-order valence-corrected chi connectivity index (χ2v) is 8.23. The molecule has 0 fully saturated rings. The number of aromatic nitrogens is 1. The third-order valence-corrected chi connectivity index (χ3v) is 5.84. The molecule has 0 saturated heterocycles. The largest absolute Gasteiger partial charge is 0.459 e. The number of thiophene rings is 1. The van der Waals surface area contributed by atoms with E-state index in [-0.39, 0.29) is 24.5 Å². The Labute approximate surface area is 182 Å². The number of carbonyl (C=O) groups excluding carboxylic acids is 1. The van der Waals surface area contributed by atoms with E-state index in [2.05, 4.69) is 21.7 Å². The molecule has 156 valence electrons. The van der Waals surface area contributed by atoms with Crippen molar-refractivity contribution < 1.29 is 18.7 Å². The van der Waals surface area contributed by atoms with Gasteiger partial charge < -0.3 is 24.5 Å². The second kappa shape index (κ2) is 8.16. The highest BCUT2D eigenvalue weighted by molar-refractivity contribution is 7.16. The zero-order chi connectivity index (χ0) is 21.2. The van der Waals surface area contributed by atoms with E-state index in [1.807, 2.05) is 43.3 Å². The zero-order valence-corrected chi connectivity index (χ0v) is 17.4. The smallest absolute Gasteiger partial charge is 0.291 e. The number of amides is 1. The Kier molecular flexibility index (Phi) is 5.05. The van der Waals surface area contributed by atoms with Crippen molar-refractivity contribution >= 4 is 28.1 Å². The maximum atomic E-state index is 12.6. The molecule has 1 aliphatic heterocycles. The molecule has 1 atom stereocenters. The van der Waals surface area contributed by atoms with Crippen LogP contribution in [0, 0.1) is 6.92 Å². The first-order chi connectivity index (χ1) is 15.2. The van der Waals surface area contributed by atoms with Gasteiger partial charge in [-0.3, -0.25) is 4.79 Å². The van der Waals surface area contributed by atoms with Gasteiger partial charge in [0.15, 0.2) is 17.3 Å². The summed E-state index contributed by atoms with van der Waals surface area (Å²) in [6, 6.07) is 16.6. The Balaban J connectivity index is 1.54. The molecule has 2 N–H and O–H groups in total. The molecule has 1 aliphatic rings. The lowest BCUT2D eigenvalue weighted by Crippen LogP contribution is -2.16. The van der Waals surface area contributed by atoms with Gasteiger partial charge in [-0.1, -0.05) is 12.1 Å². The van der Waals surface area contributed by atoms with Crippen LogP contribution < -0.4 is 20.1 Å². The average molecular weight is 433 g/mol. The molecule has 1 unspecified atom stereocenters.